The zero-order chi connectivity index (χ0) is 15.7. The lowest BCUT2D eigenvalue weighted by Gasteiger charge is -2.06. The fraction of sp³-hybridized carbons (Fsp3) is 0.176. The molecule has 0 radical (unpaired) electrons. The molecule has 0 fully saturated rings. The van der Waals surface area contributed by atoms with Crippen molar-refractivity contribution in [1.82, 2.24) is 0 Å². The van der Waals surface area contributed by atoms with Gasteiger partial charge in [0.2, 0.25) is 0 Å². The number of carboxylic acids is 1. The Bertz CT molecular complexity index is 562. The summed E-state index contributed by atoms with van der Waals surface area (Å²) in [7, 11) is 0. The first-order valence-electron chi connectivity index (χ1n) is 6.55. The number of aromatic carboxylic acids is 1. The Hall–Kier alpha value is -2.62. The fourth-order valence-corrected chi connectivity index (χ4v) is 1.44. The van der Waals surface area contributed by atoms with Gasteiger partial charge in [0, 0.05) is 0 Å². The number of esters is 1. The maximum atomic E-state index is 11.2. The van der Waals surface area contributed by atoms with Gasteiger partial charge in [-0.05, 0) is 38.1 Å². The third kappa shape index (κ3) is 6.38. The number of rotatable bonds is 3. The number of carbonyl (C=O) groups is 2. The number of carbonyl (C=O) groups excluding carboxylic acids is 1. The van der Waals surface area contributed by atoms with Gasteiger partial charge in [0.05, 0.1) is 17.2 Å². The molecule has 0 unspecified atom stereocenters. The van der Waals surface area contributed by atoms with Crippen molar-refractivity contribution in [3.8, 4) is 0 Å². The highest BCUT2D eigenvalue weighted by Crippen LogP contribution is 2.02. The Labute approximate surface area is 124 Å². The molecule has 0 heterocycles. The van der Waals surface area contributed by atoms with E-state index in [-0.39, 0.29) is 12.1 Å². The Kier molecular flexibility index (Phi) is 6.68. The van der Waals surface area contributed by atoms with Crippen molar-refractivity contribution in [2.75, 3.05) is 0 Å². The lowest BCUT2D eigenvalue weighted by Crippen LogP contribution is -2.11. The molecule has 0 spiro atoms. The molecule has 2 rings (SSSR count). The van der Waals surface area contributed by atoms with Crippen molar-refractivity contribution in [2.24, 2.45) is 0 Å². The Balaban J connectivity index is 0.000000219. The molecule has 2 aromatic rings. The molecular weight excluding hydrogens is 268 g/mol. The van der Waals surface area contributed by atoms with E-state index < -0.39 is 5.97 Å². The largest absolute Gasteiger partial charge is 0.478 e. The predicted molar refractivity (Wildman–Crippen MR) is 80.4 cm³/mol. The van der Waals surface area contributed by atoms with Crippen molar-refractivity contribution in [3.05, 3.63) is 71.8 Å². The van der Waals surface area contributed by atoms with Gasteiger partial charge in [0.15, 0.2) is 0 Å². The van der Waals surface area contributed by atoms with Crippen LogP contribution in [0.1, 0.15) is 34.6 Å². The summed E-state index contributed by atoms with van der Waals surface area (Å²) in [5.41, 5.74) is 0.934. The Morgan fingerprint density at radius 1 is 0.857 bits per heavy atom. The molecule has 1 N–H and O–H groups in total. The molecule has 110 valence electrons. The summed E-state index contributed by atoms with van der Waals surface area (Å²) < 4.78 is 5.00. The van der Waals surface area contributed by atoms with E-state index in [1.165, 1.54) is 0 Å². The first-order chi connectivity index (χ1) is 10.0. The monoisotopic (exact) mass is 286 g/mol. The maximum Gasteiger partial charge on any atom is 0.338 e. The van der Waals surface area contributed by atoms with Crippen LogP contribution in [0.5, 0.6) is 0 Å². The molecule has 2 aromatic carbocycles. The van der Waals surface area contributed by atoms with E-state index in [4.69, 9.17) is 9.84 Å². The molecule has 0 aromatic heterocycles. The van der Waals surface area contributed by atoms with Crippen LogP contribution in [0, 0.1) is 0 Å². The second-order valence-corrected chi connectivity index (χ2v) is 4.49. The molecule has 0 aliphatic carbocycles. The molecule has 0 aliphatic rings. The van der Waals surface area contributed by atoms with E-state index in [1.807, 2.05) is 32.0 Å². The number of hydrogen-bond acceptors (Lipinski definition) is 3. The van der Waals surface area contributed by atoms with E-state index >= 15 is 0 Å². The smallest absolute Gasteiger partial charge is 0.338 e. The molecule has 4 nitrogen and oxygen atoms in total. The van der Waals surface area contributed by atoms with E-state index in [2.05, 4.69) is 0 Å². The van der Waals surface area contributed by atoms with E-state index in [0.717, 1.165) is 0 Å². The zero-order valence-electron chi connectivity index (χ0n) is 12.0. The summed E-state index contributed by atoms with van der Waals surface area (Å²) in [5.74, 6) is -1.14. The van der Waals surface area contributed by atoms with Crippen molar-refractivity contribution < 1.29 is 19.4 Å². The molecule has 0 saturated heterocycles. The summed E-state index contributed by atoms with van der Waals surface area (Å²) in [6, 6.07) is 17.3. The SMILES string of the molecule is CC(C)OC(=O)c1ccccc1.O=C(O)c1ccccc1. The van der Waals surface area contributed by atoms with Gasteiger partial charge in [-0.15, -0.1) is 0 Å². The average molecular weight is 286 g/mol. The molecule has 0 aliphatic heterocycles. The number of hydrogen-bond donors (Lipinski definition) is 1. The van der Waals surface area contributed by atoms with Gasteiger partial charge in [0.1, 0.15) is 0 Å². The van der Waals surface area contributed by atoms with Crippen LogP contribution >= 0.6 is 0 Å². The van der Waals surface area contributed by atoms with Crippen LogP contribution in [0.3, 0.4) is 0 Å². The quantitative estimate of drug-likeness (QED) is 0.875. The van der Waals surface area contributed by atoms with Crippen LogP contribution in [0.25, 0.3) is 0 Å². The molecule has 0 atom stereocenters. The molecule has 0 bridgehead atoms. The van der Waals surface area contributed by atoms with Gasteiger partial charge in [-0.3, -0.25) is 0 Å². The van der Waals surface area contributed by atoms with Crippen LogP contribution in [0.15, 0.2) is 60.7 Å². The second-order valence-electron chi connectivity index (χ2n) is 4.49. The minimum atomic E-state index is -0.879. The Morgan fingerprint density at radius 2 is 1.29 bits per heavy atom. The van der Waals surface area contributed by atoms with Crippen LogP contribution in [-0.2, 0) is 4.74 Å². The van der Waals surface area contributed by atoms with Gasteiger partial charge in [-0.25, -0.2) is 9.59 Å². The summed E-state index contributed by atoms with van der Waals surface area (Å²) in [6.07, 6.45) is -0.0577. The lowest BCUT2D eigenvalue weighted by molar-refractivity contribution is 0.0377. The lowest BCUT2D eigenvalue weighted by atomic mass is 10.2. The average Bonchev–Trinajstić information content (AvgIpc) is 2.49. The summed E-state index contributed by atoms with van der Waals surface area (Å²) in [6.45, 7) is 3.67. The van der Waals surface area contributed by atoms with Crippen molar-refractivity contribution in [2.45, 2.75) is 20.0 Å². The van der Waals surface area contributed by atoms with Crippen molar-refractivity contribution in [3.63, 3.8) is 0 Å². The van der Waals surface area contributed by atoms with E-state index in [1.54, 1.807) is 42.5 Å². The minimum absolute atomic E-state index is 0.0577. The molecule has 0 amide bonds. The number of carboxylic acid groups (broad SMARTS) is 1. The highest BCUT2D eigenvalue weighted by molar-refractivity contribution is 5.89. The third-order valence-electron chi connectivity index (χ3n) is 2.37. The summed E-state index contributed by atoms with van der Waals surface area (Å²) in [4.78, 5) is 21.4. The van der Waals surface area contributed by atoms with Gasteiger partial charge in [0.25, 0.3) is 0 Å². The summed E-state index contributed by atoms with van der Waals surface area (Å²) >= 11 is 0. The zero-order valence-corrected chi connectivity index (χ0v) is 12.0. The highest BCUT2D eigenvalue weighted by Gasteiger charge is 2.06. The van der Waals surface area contributed by atoms with E-state index in [0.29, 0.717) is 11.1 Å². The molecular formula is C17H18O4. The van der Waals surface area contributed by atoms with Crippen LogP contribution in [-0.4, -0.2) is 23.1 Å². The van der Waals surface area contributed by atoms with Crippen LogP contribution < -0.4 is 0 Å². The molecule has 21 heavy (non-hydrogen) atoms. The number of benzene rings is 2. The van der Waals surface area contributed by atoms with Crippen molar-refractivity contribution in [1.29, 1.82) is 0 Å². The molecule has 4 heteroatoms. The first kappa shape index (κ1) is 16.4. The highest BCUT2D eigenvalue weighted by atomic mass is 16.5. The molecule has 0 saturated carbocycles. The maximum absolute atomic E-state index is 11.2. The fourth-order valence-electron chi connectivity index (χ4n) is 1.44. The summed E-state index contributed by atoms with van der Waals surface area (Å²) in [5, 5.41) is 8.38. The van der Waals surface area contributed by atoms with Crippen LogP contribution in [0.2, 0.25) is 0 Å². The first-order valence-corrected chi connectivity index (χ1v) is 6.55. The Morgan fingerprint density at radius 3 is 1.62 bits per heavy atom. The van der Waals surface area contributed by atoms with Gasteiger partial charge in [-0.2, -0.15) is 0 Å². The minimum Gasteiger partial charge on any atom is -0.478 e. The number of ether oxygens (including phenoxy) is 1. The third-order valence-corrected chi connectivity index (χ3v) is 2.37. The van der Waals surface area contributed by atoms with Gasteiger partial charge < -0.3 is 9.84 Å². The predicted octanol–water partition coefficient (Wildman–Crippen LogP) is 3.64. The van der Waals surface area contributed by atoms with Gasteiger partial charge in [-0.1, -0.05) is 36.4 Å². The van der Waals surface area contributed by atoms with E-state index in [9.17, 15) is 9.59 Å². The van der Waals surface area contributed by atoms with Gasteiger partial charge >= 0.3 is 11.9 Å². The topological polar surface area (TPSA) is 63.6 Å². The van der Waals surface area contributed by atoms with Crippen LogP contribution in [0.4, 0.5) is 0 Å². The normalized spacial score (nSPS) is 9.48. The second kappa shape index (κ2) is 8.53. The van der Waals surface area contributed by atoms with Crippen molar-refractivity contribution >= 4 is 11.9 Å². The standard InChI is InChI=1S/C10H12O2.C7H6O2/c1-8(2)12-10(11)9-6-4-3-5-7-9;8-7(9)6-4-2-1-3-5-6/h3-8H,1-2H3;1-5H,(H,8,9).